The summed E-state index contributed by atoms with van der Waals surface area (Å²) in [6.45, 7) is 0.109. The Hall–Kier alpha value is -3.75. The van der Waals surface area contributed by atoms with Crippen molar-refractivity contribution in [1.82, 2.24) is 0 Å². The van der Waals surface area contributed by atoms with Gasteiger partial charge in [0.25, 0.3) is 0 Å². The number of rotatable bonds is 5. The highest BCUT2D eigenvalue weighted by molar-refractivity contribution is 6.02. The smallest absolute Gasteiger partial charge is 0.417 e. The number of halogens is 4. The van der Waals surface area contributed by atoms with E-state index in [1.54, 1.807) is 18.2 Å². The third-order valence-corrected chi connectivity index (χ3v) is 6.16. The van der Waals surface area contributed by atoms with Gasteiger partial charge in [-0.2, -0.15) is 13.2 Å². The van der Waals surface area contributed by atoms with Crippen LogP contribution < -0.4 is 19.5 Å². The lowest BCUT2D eigenvalue weighted by atomic mass is 9.94. The summed E-state index contributed by atoms with van der Waals surface area (Å²) >= 11 is 0. The average Bonchev–Trinajstić information content (AvgIpc) is 3.49. The van der Waals surface area contributed by atoms with Crippen LogP contribution in [0.25, 0.3) is 11.1 Å². The van der Waals surface area contributed by atoms with E-state index in [9.17, 15) is 22.4 Å². The molecule has 1 aliphatic carbocycles. The second kappa shape index (κ2) is 7.93. The number of benzene rings is 3. The predicted molar refractivity (Wildman–Crippen MR) is 118 cm³/mol. The quantitative estimate of drug-likeness (QED) is 0.449. The zero-order chi connectivity index (χ0) is 24.1. The van der Waals surface area contributed by atoms with Crippen LogP contribution in [0.1, 0.15) is 25.4 Å². The first-order valence-corrected chi connectivity index (χ1v) is 10.5. The Morgan fingerprint density at radius 1 is 1.03 bits per heavy atom. The molecule has 0 saturated heterocycles. The van der Waals surface area contributed by atoms with E-state index in [1.165, 1.54) is 31.4 Å². The Balaban J connectivity index is 0.00000289. The predicted octanol–water partition coefficient (Wildman–Crippen LogP) is 6.17. The maximum atomic E-state index is 14.2. The number of carbonyl (C=O) groups is 1. The number of fused-ring (bicyclic) bond motifs is 1. The fourth-order valence-corrected chi connectivity index (χ4v) is 4.16. The van der Waals surface area contributed by atoms with Crippen molar-refractivity contribution >= 4 is 11.6 Å². The summed E-state index contributed by atoms with van der Waals surface area (Å²) in [4.78, 5) is 13.2. The molecule has 0 atom stereocenters. The number of anilines is 1. The number of ether oxygens (including phenoxy) is 3. The summed E-state index contributed by atoms with van der Waals surface area (Å²) < 4.78 is 70.8. The van der Waals surface area contributed by atoms with Crippen LogP contribution in [0.2, 0.25) is 0 Å². The molecule has 5 rings (SSSR count). The summed E-state index contributed by atoms with van der Waals surface area (Å²) in [5.41, 5.74) is -1.05. The van der Waals surface area contributed by atoms with Crippen LogP contribution in [-0.4, -0.2) is 19.8 Å². The number of methoxy groups -OCH3 is 1. The van der Waals surface area contributed by atoms with E-state index in [0.717, 1.165) is 17.7 Å². The van der Waals surface area contributed by atoms with Gasteiger partial charge in [-0.1, -0.05) is 12.1 Å². The Labute approximate surface area is 193 Å². The summed E-state index contributed by atoms with van der Waals surface area (Å²) in [5.74, 6) is -0.0598. The van der Waals surface area contributed by atoms with E-state index in [2.05, 4.69) is 5.32 Å². The zero-order valence-corrected chi connectivity index (χ0v) is 18.0. The summed E-state index contributed by atoms with van der Waals surface area (Å²) in [6, 6.07) is 12.1. The van der Waals surface area contributed by atoms with E-state index in [0.29, 0.717) is 24.3 Å². The van der Waals surface area contributed by atoms with Gasteiger partial charge in [-0.3, -0.25) is 4.79 Å². The van der Waals surface area contributed by atoms with E-state index in [4.69, 9.17) is 14.2 Å². The van der Waals surface area contributed by atoms with Crippen LogP contribution in [-0.2, 0) is 16.4 Å². The minimum absolute atomic E-state index is 0. The fourth-order valence-electron chi connectivity index (χ4n) is 4.16. The van der Waals surface area contributed by atoms with Crippen LogP contribution >= 0.6 is 0 Å². The number of hydrogen-bond donors (Lipinski definition) is 1. The molecule has 0 unspecified atom stereocenters. The normalized spacial score (nSPS) is 15.7. The van der Waals surface area contributed by atoms with Crippen molar-refractivity contribution in [3.8, 4) is 28.4 Å². The van der Waals surface area contributed by atoms with Gasteiger partial charge in [-0.25, -0.2) is 4.39 Å². The largest absolute Gasteiger partial charge is 0.494 e. The Morgan fingerprint density at radius 3 is 2.47 bits per heavy atom. The maximum Gasteiger partial charge on any atom is 0.417 e. The summed E-state index contributed by atoms with van der Waals surface area (Å²) in [5, 5.41) is 2.74. The number of amides is 1. The first-order valence-electron chi connectivity index (χ1n) is 10.5. The minimum Gasteiger partial charge on any atom is -0.494 e. The van der Waals surface area contributed by atoms with Crippen molar-refractivity contribution in [2.75, 3.05) is 19.2 Å². The topological polar surface area (TPSA) is 56.8 Å². The van der Waals surface area contributed by atoms with E-state index in [1.807, 2.05) is 0 Å². The van der Waals surface area contributed by atoms with E-state index >= 15 is 0 Å². The zero-order valence-electron chi connectivity index (χ0n) is 18.0. The van der Waals surface area contributed by atoms with Gasteiger partial charge < -0.3 is 19.5 Å². The highest BCUT2D eigenvalue weighted by Gasteiger charge is 2.51. The third-order valence-electron chi connectivity index (χ3n) is 6.16. The maximum absolute atomic E-state index is 14.2. The van der Waals surface area contributed by atoms with Crippen LogP contribution in [0.15, 0.2) is 54.6 Å². The number of alkyl halides is 3. The van der Waals surface area contributed by atoms with Gasteiger partial charge in [0.15, 0.2) is 23.1 Å². The molecule has 1 N–H and O–H groups in total. The second-order valence-electron chi connectivity index (χ2n) is 8.21. The molecule has 0 bridgehead atoms. The molecule has 5 nitrogen and oxygen atoms in total. The number of carbonyl (C=O) groups excluding carboxylic acids is 1. The SMILES string of the molecule is COc1ccc(-c2cc(NC(=O)C3(c4ccc5c(c4)OCO5)CC3)ccc2C(F)(F)F)cc1F.[HH]. The molecule has 0 spiro atoms. The first-order chi connectivity index (χ1) is 16.2. The van der Waals surface area contributed by atoms with Crippen LogP contribution in [0.3, 0.4) is 0 Å². The lowest BCUT2D eigenvalue weighted by Gasteiger charge is -2.19. The number of hydrogen-bond acceptors (Lipinski definition) is 4. The lowest BCUT2D eigenvalue weighted by Crippen LogP contribution is -2.27. The lowest BCUT2D eigenvalue weighted by molar-refractivity contribution is -0.137. The summed E-state index contributed by atoms with van der Waals surface area (Å²) in [6.07, 6.45) is -3.48. The van der Waals surface area contributed by atoms with Gasteiger partial charge in [0.1, 0.15) is 0 Å². The van der Waals surface area contributed by atoms with Crippen LogP contribution in [0.4, 0.5) is 23.2 Å². The molecular formula is C25H21F4NO4. The molecule has 1 heterocycles. The van der Waals surface area contributed by atoms with Gasteiger partial charge in [0.05, 0.1) is 18.1 Å². The standard InChI is InChI=1S/C25H19F4NO4.H2/c1-32-20-6-2-14(10-19(20)26)17-12-16(4-5-18(17)25(27,28)29)30-23(31)24(8-9-24)15-3-7-21-22(11-15)34-13-33-21;/h2-7,10-12H,8-9,13H2,1H3,(H,30,31);1H. The van der Waals surface area contributed by atoms with Gasteiger partial charge in [-0.05, 0) is 72.0 Å². The fraction of sp³-hybridized carbons (Fsp3) is 0.240. The highest BCUT2D eigenvalue weighted by Crippen LogP contribution is 2.51. The Morgan fingerprint density at radius 2 is 1.79 bits per heavy atom. The molecule has 1 aliphatic heterocycles. The molecule has 1 amide bonds. The average molecular weight is 475 g/mol. The molecule has 2 aliphatic rings. The van der Waals surface area contributed by atoms with Crippen molar-refractivity contribution in [1.29, 1.82) is 0 Å². The molecule has 9 heteroatoms. The van der Waals surface area contributed by atoms with Crippen molar-refractivity contribution in [2.45, 2.75) is 24.4 Å². The first kappa shape index (κ1) is 22.1. The molecular weight excluding hydrogens is 454 g/mol. The Kier molecular flexibility index (Phi) is 5.15. The third kappa shape index (κ3) is 3.81. The molecule has 3 aromatic rings. The molecule has 1 saturated carbocycles. The molecule has 1 fully saturated rings. The van der Waals surface area contributed by atoms with Crippen molar-refractivity contribution in [3.05, 3.63) is 71.5 Å². The summed E-state index contributed by atoms with van der Waals surface area (Å²) in [7, 11) is 1.27. The second-order valence-corrected chi connectivity index (χ2v) is 8.21. The monoisotopic (exact) mass is 475 g/mol. The molecule has 0 radical (unpaired) electrons. The highest BCUT2D eigenvalue weighted by atomic mass is 19.4. The van der Waals surface area contributed by atoms with Gasteiger partial charge >= 0.3 is 6.18 Å². The van der Waals surface area contributed by atoms with Crippen LogP contribution in [0, 0.1) is 5.82 Å². The van der Waals surface area contributed by atoms with E-state index in [-0.39, 0.29) is 36.7 Å². The molecule has 3 aromatic carbocycles. The van der Waals surface area contributed by atoms with Crippen molar-refractivity contribution < 1.29 is 38.0 Å². The van der Waals surface area contributed by atoms with Crippen LogP contribution in [0.5, 0.6) is 17.2 Å². The Bertz CT molecular complexity index is 1290. The number of nitrogens with one attached hydrogen (secondary N) is 1. The minimum atomic E-state index is -4.67. The van der Waals surface area contributed by atoms with E-state index < -0.39 is 23.0 Å². The molecule has 34 heavy (non-hydrogen) atoms. The molecule has 0 aromatic heterocycles. The van der Waals surface area contributed by atoms with Crippen molar-refractivity contribution in [2.24, 2.45) is 0 Å². The van der Waals surface area contributed by atoms with Crippen molar-refractivity contribution in [3.63, 3.8) is 0 Å². The van der Waals surface area contributed by atoms with Gasteiger partial charge in [0.2, 0.25) is 12.7 Å². The van der Waals surface area contributed by atoms with Gasteiger partial charge in [0, 0.05) is 7.11 Å². The van der Waals surface area contributed by atoms with Gasteiger partial charge in [-0.15, -0.1) is 0 Å². The molecule has 178 valence electrons.